The molecule has 2 fully saturated rings. The number of nitrogens with one attached hydrogen (secondary N) is 1. The summed E-state index contributed by atoms with van der Waals surface area (Å²) in [5.41, 5.74) is 6.73. The Morgan fingerprint density at radius 3 is 2.59 bits per heavy atom. The Bertz CT molecular complexity index is 733. The summed E-state index contributed by atoms with van der Waals surface area (Å²) < 4.78 is 0. The fourth-order valence-corrected chi connectivity index (χ4v) is 4.37. The van der Waals surface area contributed by atoms with Gasteiger partial charge in [-0.05, 0) is 37.9 Å². The summed E-state index contributed by atoms with van der Waals surface area (Å²) in [6.45, 7) is 8.82. The van der Waals surface area contributed by atoms with Crippen LogP contribution in [0.4, 0.5) is 0 Å². The zero-order chi connectivity index (χ0) is 21.9. The number of benzene rings is 1. The van der Waals surface area contributed by atoms with Crippen LogP contribution in [0.3, 0.4) is 0 Å². The maximum absolute atomic E-state index is 11.4. The molecule has 0 aliphatic carbocycles. The normalized spacial score (nSPS) is 20.8. The Hall–Kier alpha value is -1.65. The Kier molecular flexibility index (Phi) is 12.0. The van der Waals surface area contributed by atoms with E-state index in [1.54, 1.807) is 0 Å². The summed E-state index contributed by atoms with van der Waals surface area (Å²) >= 11 is 0. The van der Waals surface area contributed by atoms with Gasteiger partial charge in [0.25, 0.3) is 0 Å². The molecule has 1 unspecified atom stereocenters. The molecule has 2 aliphatic rings. The second kappa shape index (κ2) is 14.5. The van der Waals surface area contributed by atoms with Crippen LogP contribution in [0.25, 0.3) is 6.08 Å². The highest BCUT2D eigenvalue weighted by Crippen LogP contribution is 2.15. The number of halogens is 1. The predicted molar refractivity (Wildman–Crippen MR) is 143 cm³/mol. The number of carbonyl (C=O) groups excluding carboxylic acids is 1. The predicted octanol–water partition coefficient (Wildman–Crippen LogP) is 2.10. The van der Waals surface area contributed by atoms with Crippen LogP contribution in [0.2, 0.25) is 0 Å². The first-order valence-corrected chi connectivity index (χ1v) is 11.6. The zero-order valence-electron chi connectivity index (χ0n) is 19.3. The van der Waals surface area contributed by atoms with Crippen molar-refractivity contribution in [3.8, 4) is 0 Å². The van der Waals surface area contributed by atoms with E-state index >= 15 is 0 Å². The van der Waals surface area contributed by atoms with Crippen LogP contribution in [0.1, 0.15) is 24.8 Å². The SMILES string of the molecule is CN=C(NCCCN1CCCC(C(N)=O)C1)N1CCN(C/C=C/c2ccccc2)CC1.I. The molecule has 0 radical (unpaired) electrons. The van der Waals surface area contributed by atoms with Crippen molar-refractivity contribution in [2.75, 3.05) is 66.0 Å². The van der Waals surface area contributed by atoms with E-state index in [1.807, 2.05) is 13.1 Å². The lowest BCUT2D eigenvalue weighted by atomic mass is 9.97. The second-order valence-corrected chi connectivity index (χ2v) is 8.47. The van der Waals surface area contributed by atoms with Gasteiger partial charge in [0.15, 0.2) is 5.96 Å². The number of piperazine rings is 1. The third-order valence-electron chi connectivity index (χ3n) is 6.20. The lowest BCUT2D eigenvalue weighted by Gasteiger charge is -2.36. The van der Waals surface area contributed by atoms with Crippen molar-refractivity contribution in [2.24, 2.45) is 16.6 Å². The molecule has 1 atom stereocenters. The molecule has 1 aromatic carbocycles. The van der Waals surface area contributed by atoms with Crippen molar-refractivity contribution in [2.45, 2.75) is 19.3 Å². The van der Waals surface area contributed by atoms with Gasteiger partial charge in [-0.1, -0.05) is 42.5 Å². The summed E-state index contributed by atoms with van der Waals surface area (Å²) in [5.74, 6) is 0.861. The van der Waals surface area contributed by atoms with Gasteiger partial charge in [0.1, 0.15) is 0 Å². The molecule has 178 valence electrons. The van der Waals surface area contributed by atoms with E-state index in [0.29, 0.717) is 0 Å². The standard InChI is InChI=1S/C24H38N6O.HI/c1-26-24(27-12-7-15-29-14-6-11-22(20-29)23(25)31)30-18-16-28(17-19-30)13-5-10-21-8-3-2-4-9-21;/h2-5,8-10,22H,6-7,11-20H2,1H3,(H2,25,31)(H,26,27);1H/b10-5+;. The van der Waals surface area contributed by atoms with Gasteiger partial charge >= 0.3 is 0 Å². The van der Waals surface area contributed by atoms with E-state index < -0.39 is 0 Å². The molecule has 2 heterocycles. The van der Waals surface area contributed by atoms with Gasteiger partial charge < -0.3 is 20.9 Å². The van der Waals surface area contributed by atoms with Crippen molar-refractivity contribution in [3.05, 3.63) is 42.0 Å². The van der Waals surface area contributed by atoms with E-state index in [1.165, 1.54) is 5.56 Å². The number of primary amides is 1. The minimum absolute atomic E-state index is 0. The average Bonchev–Trinajstić information content (AvgIpc) is 2.81. The minimum atomic E-state index is -0.155. The van der Waals surface area contributed by atoms with E-state index in [0.717, 1.165) is 84.1 Å². The van der Waals surface area contributed by atoms with Crippen LogP contribution in [-0.2, 0) is 4.79 Å². The minimum Gasteiger partial charge on any atom is -0.369 e. The molecular weight excluding hydrogens is 515 g/mol. The first kappa shape index (κ1) is 26.6. The van der Waals surface area contributed by atoms with E-state index in [4.69, 9.17) is 5.73 Å². The number of carbonyl (C=O) groups is 1. The van der Waals surface area contributed by atoms with E-state index in [9.17, 15) is 4.79 Å². The molecule has 0 saturated carbocycles. The number of aliphatic imine (C=N–C) groups is 1. The molecule has 32 heavy (non-hydrogen) atoms. The van der Waals surface area contributed by atoms with Gasteiger partial charge in [-0.3, -0.25) is 14.7 Å². The number of piperidine rings is 1. The van der Waals surface area contributed by atoms with Crippen LogP contribution in [0.15, 0.2) is 41.4 Å². The Labute approximate surface area is 210 Å². The van der Waals surface area contributed by atoms with Crippen LogP contribution >= 0.6 is 24.0 Å². The first-order valence-electron chi connectivity index (χ1n) is 11.6. The van der Waals surface area contributed by atoms with Crippen LogP contribution in [-0.4, -0.2) is 92.5 Å². The van der Waals surface area contributed by atoms with Gasteiger partial charge in [0.2, 0.25) is 5.91 Å². The fraction of sp³-hybridized carbons (Fsp3) is 0.583. The highest BCUT2D eigenvalue weighted by Gasteiger charge is 2.23. The fourth-order valence-electron chi connectivity index (χ4n) is 4.37. The molecular formula is C24H39IN6O. The molecule has 2 aliphatic heterocycles. The largest absolute Gasteiger partial charge is 0.369 e. The van der Waals surface area contributed by atoms with Gasteiger partial charge in [0.05, 0.1) is 5.92 Å². The molecule has 3 N–H and O–H groups in total. The number of hydrogen-bond acceptors (Lipinski definition) is 4. The maximum Gasteiger partial charge on any atom is 0.221 e. The van der Waals surface area contributed by atoms with Crippen molar-refractivity contribution in [1.82, 2.24) is 20.0 Å². The summed E-state index contributed by atoms with van der Waals surface area (Å²) in [6, 6.07) is 10.4. The molecule has 1 aromatic rings. The topological polar surface area (TPSA) is 77.2 Å². The Morgan fingerprint density at radius 1 is 1.16 bits per heavy atom. The van der Waals surface area contributed by atoms with E-state index in [2.05, 4.69) is 61.4 Å². The molecule has 0 spiro atoms. The first-order chi connectivity index (χ1) is 15.2. The lowest BCUT2D eigenvalue weighted by Crippen LogP contribution is -2.52. The van der Waals surface area contributed by atoms with Crippen molar-refractivity contribution >= 4 is 41.9 Å². The molecule has 1 amide bonds. The number of nitrogens with two attached hydrogens (primary N) is 1. The quantitative estimate of drug-likeness (QED) is 0.223. The molecule has 0 bridgehead atoms. The summed E-state index contributed by atoms with van der Waals surface area (Å²) in [4.78, 5) is 23.1. The highest BCUT2D eigenvalue weighted by molar-refractivity contribution is 14.0. The molecule has 3 rings (SSSR count). The van der Waals surface area contributed by atoms with Crippen molar-refractivity contribution in [3.63, 3.8) is 0 Å². The molecule has 2 saturated heterocycles. The third kappa shape index (κ3) is 8.71. The highest BCUT2D eigenvalue weighted by atomic mass is 127. The lowest BCUT2D eigenvalue weighted by molar-refractivity contribution is -0.123. The number of rotatable bonds is 8. The number of likely N-dealkylation sites (tertiary alicyclic amines) is 1. The van der Waals surface area contributed by atoms with Crippen molar-refractivity contribution < 1.29 is 4.79 Å². The number of hydrogen-bond donors (Lipinski definition) is 2. The monoisotopic (exact) mass is 554 g/mol. The molecule has 7 nitrogen and oxygen atoms in total. The van der Waals surface area contributed by atoms with Crippen molar-refractivity contribution in [1.29, 1.82) is 0 Å². The van der Waals surface area contributed by atoms with Gasteiger partial charge in [-0.25, -0.2) is 0 Å². The number of amides is 1. The molecule has 8 heteroatoms. The Balaban J connectivity index is 0.00000363. The average molecular weight is 555 g/mol. The van der Waals surface area contributed by atoms with Gasteiger partial charge in [-0.2, -0.15) is 0 Å². The summed E-state index contributed by atoms with van der Waals surface area (Å²) in [6.07, 6.45) is 7.48. The van der Waals surface area contributed by atoms with Crippen LogP contribution in [0.5, 0.6) is 0 Å². The zero-order valence-corrected chi connectivity index (χ0v) is 21.6. The van der Waals surface area contributed by atoms with Crippen LogP contribution in [0, 0.1) is 5.92 Å². The Morgan fingerprint density at radius 2 is 1.91 bits per heavy atom. The third-order valence-corrected chi connectivity index (χ3v) is 6.20. The van der Waals surface area contributed by atoms with E-state index in [-0.39, 0.29) is 35.8 Å². The smallest absolute Gasteiger partial charge is 0.221 e. The second-order valence-electron chi connectivity index (χ2n) is 8.47. The number of nitrogens with zero attached hydrogens (tertiary/aromatic N) is 4. The summed E-state index contributed by atoms with van der Waals surface area (Å²) in [5, 5.41) is 3.52. The van der Waals surface area contributed by atoms with Gasteiger partial charge in [0, 0.05) is 52.9 Å². The van der Waals surface area contributed by atoms with Gasteiger partial charge in [-0.15, -0.1) is 24.0 Å². The maximum atomic E-state index is 11.4. The van der Waals surface area contributed by atoms with Crippen LogP contribution < -0.4 is 11.1 Å². The molecule has 0 aromatic heterocycles. The summed E-state index contributed by atoms with van der Waals surface area (Å²) in [7, 11) is 1.86. The number of guanidine groups is 1.